The lowest BCUT2D eigenvalue weighted by molar-refractivity contribution is 0.0670. The van der Waals surface area contributed by atoms with Gasteiger partial charge in [0.15, 0.2) is 5.82 Å². The molecule has 2 aromatic heterocycles. The van der Waals surface area contributed by atoms with Gasteiger partial charge in [-0.1, -0.05) is 5.16 Å². The van der Waals surface area contributed by atoms with E-state index < -0.39 is 0 Å². The van der Waals surface area contributed by atoms with Gasteiger partial charge in [-0.3, -0.25) is 4.79 Å². The molecule has 1 amide bonds. The molecular formula is C17H22N4O4. The quantitative estimate of drug-likeness (QED) is 0.819. The van der Waals surface area contributed by atoms with Gasteiger partial charge < -0.3 is 18.9 Å². The van der Waals surface area contributed by atoms with Crippen molar-refractivity contribution in [2.24, 2.45) is 0 Å². The summed E-state index contributed by atoms with van der Waals surface area (Å²) in [7, 11) is 1.63. The van der Waals surface area contributed by atoms with Crippen molar-refractivity contribution in [3.63, 3.8) is 0 Å². The molecule has 1 fully saturated rings. The Bertz CT molecular complexity index is 746. The van der Waals surface area contributed by atoms with Crippen molar-refractivity contribution in [1.29, 1.82) is 0 Å². The van der Waals surface area contributed by atoms with Gasteiger partial charge in [0.1, 0.15) is 6.04 Å². The van der Waals surface area contributed by atoms with Crippen molar-refractivity contribution in [1.82, 2.24) is 20.0 Å². The minimum Gasteiger partial charge on any atom is -0.475 e. The minimum atomic E-state index is -0.304. The Labute approximate surface area is 146 Å². The van der Waals surface area contributed by atoms with Gasteiger partial charge >= 0.3 is 0 Å². The molecule has 0 N–H and O–H groups in total. The number of carbonyl (C=O) groups excluding carboxylic acids is 1. The van der Waals surface area contributed by atoms with E-state index in [1.807, 2.05) is 13.8 Å². The molecule has 1 aliphatic heterocycles. The lowest BCUT2D eigenvalue weighted by Crippen LogP contribution is -2.32. The summed E-state index contributed by atoms with van der Waals surface area (Å²) in [5.74, 6) is 1.25. The molecule has 0 unspecified atom stereocenters. The zero-order valence-electron chi connectivity index (χ0n) is 14.8. The maximum atomic E-state index is 13.0. The number of carbonyl (C=O) groups is 1. The standard InChI is InChI=1S/C17H22N4O4/c1-10(2)24-15-7-12(5-6-18-15)17(22)21-9-13(23-4)8-14(21)16-19-11(3)20-25-16/h5-7,10,13-14H,8-9H2,1-4H3/t13-,14-/m1/s1. The molecule has 134 valence electrons. The number of likely N-dealkylation sites (tertiary alicyclic amines) is 1. The monoisotopic (exact) mass is 346 g/mol. The maximum absolute atomic E-state index is 13.0. The molecule has 0 radical (unpaired) electrons. The van der Waals surface area contributed by atoms with E-state index in [0.717, 1.165) is 0 Å². The fourth-order valence-corrected chi connectivity index (χ4v) is 2.89. The van der Waals surface area contributed by atoms with Crippen LogP contribution in [0.5, 0.6) is 5.88 Å². The largest absolute Gasteiger partial charge is 0.475 e. The van der Waals surface area contributed by atoms with Gasteiger partial charge in [-0.25, -0.2) is 4.98 Å². The average Bonchev–Trinajstić information content (AvgIpc) is 3.19. The Balaban J connectivity index is 1.86. The van der Waals surface area contributed by atoms with Crippen molar-refractivity contribution in [3.05, 3.63) is 35.6 Å². The van der Waals surface area contributed by atoms with Crippen LogP contribution in [0.3, 0.4) is 0 Å². The molecule has 3 rings (SSSR count). The number of methoxy groups -OCH3 is 1. The highest BCUT2D eigenvalue weighted by molar-refractivity contribution is 5.94. The SMILES string of the molecule is CO[C@@H]1C[C@H](c2nc(C)no2)N(C(=O)c2ccnc(OC(C)C)c2)C1. The summed E-state index contributed by atoms with van der Waals surface area (Å²) in [4.78, 5) is 23.2. The topological polar surface area (TPSA) is 90.6 Å². The van der Waals surface area contributed by atoms with E-state index in [-0.39, 0.29) is 24.2 Å². The smallest absolute Gasteiger partial charge is 0.254 e. The third-order valence-corrected chi connectivity index (χ3v) is 4.02. The number of aromatic nitrogens is 3. The molecule has 0 aromatic carbocycles. The van der Waals surface area contributed by atoms with Crippen LogP contribution in [0, 0.1) is 6.92 Å². The van der Waals surface area contributed by atoms with Gasteiger partial charge in [0.05, 0.1) is 12.2 Å². The van der Waals surface area contributed by atoms with Crippen molar-refractivity contribution in [3.8, 4) is 5.88 Å². The normalized spacial score (nSPS) is 20.3. The van der Waals surface area contributed by atoms with E-state index in [9.17, 15) is 4.79 Å². The van der Waals surface area contributed by atoms with E-state index in [1.165, 1.54) is 0 Å². The summed E-state index contributed by atoms with van der Waals surface area (Å²) in [6, 6.07) is 3.02. The second kappa shape index (κ2) is 7.18. The molecule has 0 saturated carbocycles. The van der Waals surface area contributed by atoms with E-state index in [4.69, 9.17) is 14.0 Å². The number of ether oxygens (including phenoxy) is 2. The Morgan fingerprint density at radius 1 is 1.44 bits per heavy atom. The first-order valence-electron chi connectivity index (χ1n) is 8.24. The highest BCUT2D eigenvalue weighted by atomic mass is 16.5. The first-order chi connectivity index (χ1) is 12.0. The summed E-state index contributed by atoms with van der Waals surface area (Å²) >= 11 is 0. The Kier molecular flexibility index (Phi) is 4.98. The number of hydrogen-bond acceptors (Lipinski definition) is 7. The number of nitrogens with zero attached hydrogens (tertiary/aromatic N) is 4. The van der Waals surface area contributed by atoms with Crippen molar-refractivity contribution >= 4 is 5.91 Å². The summed E-state index contributed by atoms with van der Waals surface area (Å²) in [5, 5.41) is 3.83. The van der Waals surface area contributed by atoms with Crippen molar-refractivity contribution in [2.75, 3.05) is 13.7 Å². The van der Waals surface area contributed by atoms with Crippen LogP contribution >= 0.6 is 0 Å². The van der Waals surface area contributed by atoms with Gasteiger partial charge in [-0.2, -0.15) is 4.98 Å². The molecule has 0 spiro atoms. The second-order valence-corrected chi connectivity index (χ2v) is 6.30. The molecule has 3 heterocycles. The van der Waals surface area contributed by atoms with Gasteiger partial charge in [-0.05, 0) is 26.8 Å². The zero-order chi connectivity index (χ0) is 18.0. The predicted octanol–water partition coefficient (Wildman–Crippen LogP) is 2.16. The van der Waals surface area contributed by atoms with Gasteiger partial charge in [0, 0.05) is 37.9 Å². The van der Waals surface area contributed by atoms with E-state index in [0.29, 0.717) is 36.1 Å². The summed E-state index contributed by atoms with van der Waals surface area (Å²) < 4.78 is 16.3. The van der Waals surface area contributed by atoms with Crippen molar-refractivity contribution < 1.29 is 18.8 Å². The molecular weight excluding hydrogens is 324 g/mol. The third-order valence-electron chi connectivity index (χ3n) is 4.02. The number of pyridine rings is 1. The maximum Gasteiger partial charge on any atom is 0.254 e. The predicted molar refractivity (Wildman–Crippen MR) is 88.2 cm³/mol. The number of amides is 1. The van der Waals surface area contributed by atoms with Crippen LogP contribution in [0.15, 0.2) is 22.9 Å². The lowest BCUT2D eigenvalue weighted by Gasteiger charge is -2.22. The summed E-state index contributed by atoms with van der Waals surface area (Å²) in [6.07, 6.45) is 2.09. The van der Waals surface area contributed by atoms with E-state index in [2.05, 4.69) is 15.1 Å². The highest BCUT2D eigenvalue weighted by Gasteiger charge is 2.40. The second-order valence-electron chi connectivity index (χ2n) is 6.30. The fourth-order valence-electron chi connectivity index (χ4n) is 2.89. The lowest BCUT2D eigenvalue weighted by atomic mass is 10.1. The highest BCUT2D eigenvalue weighted by Crippen LogP contribution is 2.33. The fraction of sp³-hybridized carbons (Fsp3) is 0.529. The zero-order valence-corrected chi connectivity index (χ0v) is 14.8. The molecule has 0 aliphatic carbocycles. The molecule has 8 nitrogen and oxygen atoms in total. The summed E-state index contributed by atoms with van der Waals surface area (Å²) in [5.41, 5.74) is 0.503. The minimum absolute atomic E-state index is 0.0170. The average molecular weight is 346 g/mol. The van der Waals surface area contributed by atoms with Crippen LogP contribution in [0.25, 0.3) is 0 Å². The van der Waals surface area contributed by atoms with Crippen LogP contribution in [-0.2, 0) is 4.74 Å². The van der Waals surface area contributed by atoms with Crippen LogP contribution in [-0.4, -0.2) is 51.8 Å². The van der Waals surface area contributed by atoms with Crippen LogP contribution in [0.2, 0.25) is 0 Å². The first kappa shape index (κ1) is 17.3. The van der Waals surface area contributed by atoms with Crippen molar-refractivity contribution in [2.45, 2.75) is 45.4 Å². The van der Waals surface area contributed by atoms with E-state index >= 15 is 0 Å². The van der Waals surface area contributed by atoms with Gasteiger partial charge in [0.25, 0.3) is 5.91 Å². The number of hydrogen-bond donors (Lipinski definition) is 0. The molecule has 1 saturated heterocycles. The first-order valence-corrected chi connectivity index (χ1v) is 8.24. The molecule has 2 aromatic rings. The van der Waals surface area contributed by atoms with Gasteiger partial charge in [0.2, 0.25) is 11.8 Å². The summed E-state index contributed by atoms with van der Waals surface area (Å²) in [6.45, 7) is 6.03. The van der Waals surface area contributed by atoms with Crippen LogP contribution in [0.4, 0.5) is 0 Å². The molecule has 0 bridgehead atoms. The van der Waals surface area contributed by atoms with E-state index in [1.54, 1.807) is 37.3 Å². The van der Waals surface area contributed by atoms with Gasteiger partial charge in [-0.15, -0.1) is 0 Å². The molecule has 1 aliphatic rings. The molecule has 2 atom stereocenters. The van der Waals surface area contributed by atoms with Crippen LogP contribution < -0.4 is 4.74 Å². The molecule has 8 heteroatoms. The Hall–Kier alpha value is -2.48. The Morgan fingerprint density at radius 3 is 2.88 bits per heavy atom. The third kappa shape index (κ3) is 3.79. The Morgan fingerprint density at radius 2 is 2.24 bits per heavy atom. The van der Waals surface area contributed by atoms with Crippen LogP contribution in [0.1, 0.15) is 48.4 Å². The number of aryl methyl sites for hydroxylation is 1. The molecule has 25 heavy (non-hydrogen) atoms. The number of rotatable bonds is 5.